The van der Waals surface area contributed by atoms with E-state index in [4.69, 9.17) is 4.74 Å². The van der Waals surface area contributed by atoms with E-state index in [0.717, 1.165) is 16.0 Å². The van der Waals surface area contributed by atoms with Crippen LogP contribution in [0.5, 0.6) is 0 Å². The molecule has 6 nitrogen and oxygen atoms in total. The third-order valence-electron chi connectivity index (χ3n) is 5.16. The number of carbonyl (C=O) groups is 1. The van der Waals surface area contributed by atoms with Crippen molar-refractivity contribution in [2.75, 3.05) is 26.8 Å². The first-order chi connectivity index (χ1) is 16.5. The second-order valence-electron chi connectivity index (χ2n) is 7.75. The number of carbonyl (C=O) groups excluding carboxylic acids is 1. The van der Waals surface area contributed by atoms with Crippen LogP contribution in [0.2, 0.25) is 0 Å². The predicted molar refractivity (Wildman–Crippen MR) is 137 cm³/mol. The summed E-state index contributed by atoms with van der Waals surface area (Å²) in [5.41, 5.74) is 1.77. The monoisotopic (exact) mass is 498 g/mol. The topological polar surface area (TPSA) is 66.9 Å². The Morgan fingerprint density at radius 3 is 2.32 bits per heavy atom. The van der Waals surface area contributed by atoms with Crippen molar-refractivity contribution in [2.45, 2.75) is 19.5 Å². The highest BCUT2D eigenvalue weighted by molar-refractivity contribution is 7.92. The summed E-state index contributed by atoms with van der Waals surface area (Å²) in [6, 6.07) is 22.9. The highest BCUT2D eigenvalue weighted by Gasteiger charge is 2.25. The highest BCUT2D eigenvalue weighted by atomic mass is 32.2. The van der Waals surface area contributed by atoms with Gasteiger partial charge < -0.3 is 9.64 Å². The molecule has 0 bridgehead atoms. The molecular weight excluding hydrogens is 468 g/mol. The zero-order valence-corrected chi connectivity index (χ0v) is 20.9. The molecule has 0 saturated heterocycles. The van der Waals surface area contributed by atoms with Crippen LogP contribution >= 0.6 is 11.3 Å². The largest absolute Gasteiger partial charge is 0.385 e. The predicted octanol–water partition coefficient (Wildman–Crippen LogP) is 4.62. The van der Waals surface area contributed by atoms with Crippen LogP contribution in [0.25, 0.3) is 6.08 Å². The number of nitrogens with zero attached hydrogens (tertiary/aromatic N) is 2. The van der Waals surface area contributed by atoms with E-state index in [1.807, 2.05) is 78.2 Å². The SMILES string of the molecule is COCCCN(CC(=O)N(Cc1ccccc1)Cc1cccs1)S(=O)(=O)/C=C/c1ccccc1. The van der Waals surface area contributed by atoms with Gasteiger partial charge in [-0.15, -0.1) is 11.3 Å². The summed E-state index contributed by atoms with van der Waals surface area (Å²) in [7, 11) is -2.24. The number of sulfonamides is 1. The van der Waals surface area contributed by atoms with Gasteiger partial charge in [-0.05, 0) is 35.1 Å². The molecule has 0 atom stereocenters. The standard InChI is InChI=1S/C26H30N2O4S2/c1-32-17-9-16-28(34(30,31)19-15-23-10-4-2-5-11-23)22-26(29)27(21-25-14-8-18-33-25)20-24-12-6-3-7-13-24/h2-8,10-15,18-19H,9,16-17,20-22H2,1H3/b19-15+. The van der Waals surface area contributed by atoms with Crippen molar-refractivity contribution < 1.29 is 17.9 Å². The highest BCUT2D eigenvalue weighted by Crippen LogP contribution is 2.16. The van der Waals surface area contributed by atoms with Gasteiger partial charge in [0.25, 0.3) is 0 Å². The third kappa shape index (κ3) is 8.22. The first-order valence-electron chi connectivity index (χ1n) is 11.0. The molecule has 3 rings (SSSR count). The van der Waals surface area contributed by atoms with E-state index >= 15 is 0 Å². The summed E-state index contributed by atoms with van der Waals surface area (Å²) < 4.78 is 32.7. The Hall–Kier alpha value is -2.78. The summed E-state index contributed by atoms with van der Waals surface area (Å²) >= 11 is 1.57. The molecule has 1 amide bonds. The molecule has 0 aliphatic carbocycles. The summed E-state index contributed by atoms with van der Waals surface area (Å²) in [6.07, 6.45) is 2.04. The van der Waals surface area contributed by atoms with Crippen molar-refractivity contribution in [3.05, 3.63) is 99.6 Å². The lowest BCUT2D eigenvalue weighted by Gasteiger charge is -2.26. The molecule has 3 aromatic rings. The number of benzene rings is 2. The summed E-state index contributed by atoms with van der Waals surface area (Å²) in [6.45, 7) is 1.20. The quantitative estimate of drug-likeness (QED) is 0.323. The van der Waals surface area contributed by atoms with Gasteiger partial charge in [-0.1, -0.05) is 66.7 Å². The van der Waals surface area contributed by atoms with Crippen LogP contribution in [-0.4, -0.2) is 50.3 Å². The summed E-state index contributed by atoms with van der Waals surface area (Å²) in [5, 5.41) is 3.14. The van der Waals surface area contributed by atoms with E-state index in [-0.39, 0.29) is 19.0 Å². The minimum atomic E-state index is -3.81. The fourth-order valence-electron chi connectivity index (χ4n) is 3.37. The minimum absolute atomic E-state index is 0.194. The van der Waals surface area contributed by atoms with Crippen molar-refractivity contribution in [1.82, 2.24) is 9.21 Å². The van der Waals surface area contributed by atoms with Crippen LogP contribution < -0.4 is 0 Å². The van der Waals surface area contributed by atoms with Crippen molar-refractivity contribution in [1.29, 1.82) is 0 Å². The molecule has 0 aliphatic rings. The maximum Gasteiger partial charge on any atom is 0.238 e. The van der Waals surface area contributed by atoms with Crippen LogP contribution in [0.1, 0.15) is 22.4 Å². The Balaban J connectivity index is 1.79. The van der Waals surface area contributed by atoms with Gasteiger partial charge in [0.2, 0.25) is 15.9 Å². The van der Waals surface area contributed by atoms with Crippen LogP contribution in [-0.2, 0) is 32.6 Å². The first kappa shape index (κ1) is 25.8. The molecule has 0 spiro atoms. The maximum absolute atomic E-state index is 13.4. The summed E-state index contributed by atoms with van der Waals surface area (Å²) in [5.74, 6) is -0.244. The van der Waals surface area contributed by atoms with E-state index in [2.05, 4.69) is 0 Å². The van der Waals surface area contributed by atoms with Gasteiger partial charge in [0.1, 0.15) is 0 Å². The molecule has 180 valence electrons. The molecule has 34 heavy (non-hydrogen) atoms. The van der Waals surface area contributed by atoms with Gasteiger partial charge in [-0.2, -0.15) is 4.31 Å². The summed E-state index contributed by atoms with van der Waals surface area (Å²) in [4.78, 5) is 16.2. The average molecular weight is 499 g/mol. The maximum atomic E-state index is 13.4. The molecule has 0 unspecified atom stereocenters. The molecule has 0 fully saturated rings. The fraction of sp³-hybridized carbons (Fsp3) is 0.269. The first-order valence-corrected chi connectivity index (χ1v) is 13.4. The number of rotatable bonds is 13. The van der Waals surface area contributed by atoms with Crippen LogP contribution in [0, 0.1) is 0 Å². The van der Waals surface area contributed by atoms with Crippen LogP contribution in [0.3, 0.4) is 0 Å². The lowest BCUT2D eigenvalue weighted by Crippen LogP contribution is -2.42. The fourth-order valence-corrected chi connectivity index (χ4v) is 5.27. The minimum Gasteiger partial charge on any atom is -0.385 e. The van der Waals surface area contributed by atoms with Gasteiger partial charge in [-0.25, -0.2) is 8.42 Å². The zero-order valence-electron chi connectivity index (χ0n) is 19.2. The number of amides is 1. The van der Waals surface area contributed by atoms with Gasteiger partial charge in [-0.3, -0.25) is 4.79 Å². The van der Waals surface area contributed by atoms with Crippen molar-refractivity contribution in [3.63, 3.8) is 0 Å². The van der Waals surface area contributed by atoms with E-state index in [9.17, 15) is 13.2 Å². The molecule has 0 N–H and O–H groups in total. The number of hydrogen-bond acceptors (Lipinski definition) is 5. The molecule has 0 aliphatic heterocycles. The molecular formula is C26H30N2O4S2. The van der Waals surface area contributed by atoms with Crippen LogP contribution in [0.4, 0.5) is 0 Å². The van der Waals surface area contributed by atoms with Gasteiger partial charge >= 0.3 is 0 Å². The molecule has 1 heterocycles. The smallest absolute Gasteiger partial charge is 0.238 e. The van der Waals surface area contributed by atoms with E-state index in [1.54, 1.807) is 29.4 Å². The van der Waals surface area contributed by atoms with E-state index in [0.29, 0.717) is 26.1 Å². The lowest BCUT2D eigenvalue weighted by molar-refractivity contribution is -0.132. The zero-order chi connectivity index (χ0) is 24.2. The van der Waals surface area contributed by atoms with Gasteiger partial charge in [0.15, 0.2) is 0 Å². The third-order valence-corrected chi connectivity index (χ3v) is 7.53. The number of ether oxygens (including phenoxy) is 1. The second kappa shape index (κ2) is 13.2. The van der Waals surface area contributed by atoms with Gasteiger partial charge in [0.05, 0.1) is 13.1 Å². The average Bonchev–Trinajstić information content (AvgIpc) is 3.36. The van der Waals surface area contributed by atoms with Crippen molar-refractivity contribution in [3.8, 4) is 0 Å². The Kier molecular flexibility index (Phi) is 10.0. The molecule has 1 aromatic heterocycles. The van der Waals surface area contributed by atoms with Crippen molar-refractivity contribution >= 4 is 33.3 Å². The molecule has 2 aromatic carbocycles. The normalized spacial score (nSPS) is 11.8. The number of methoxy groups -OCH3 is 1. The van der Waals surface area contributed by atoms with E-state index in [1.165, 1.54) is 9.71 Å². The Morgan fingerprint density at radius 2 is 1.68 bits per heavy atom. The van der Waals surface area contributed by atoms with Crippen LogP contribution in [0.15, 0.2) is 83.6 Å². The van der Waals surface area contributed by atoms with Gasteiger partial charge in [0, 0.05) is 37.1 Å². The number of hydrogen-bond donors (Lipinski definition) is 0. The van der Waals surface area contributed by atoms with E-state index < -0.39 is 10.0 Å². The molecule has 8 heteroatoms. The Labute approximate surface area is 206 Å². The van der Waals surface area contributed by atoms with Crippen molar-refractivity contribution in [2.24, 2.45) is 0 Å². The Bertz CT molecular complexity index is 1130. The molecule has 0 saturated carbocycles. The lowest BCUT2D eigenvalue weighted by atomic mass is 10.2. The second-order valence-corrected chi connectivity index (χ2v) is 10.6. The Morgan fingerprint density at radius 1 is 0.971 bits per heavy atom. The molecule has 0 radical (unpaired) electrons. The number of thiophene rings is 1.